The highest BCUT2D eigenvalue weighted by atomic mass is 35.5. The van der Waals surface area contributed by atoms with Crippen molar-refractivity contribution in [2.75, 3.05) is 43.1 Å². The van der Waals surface area contributed by atoms with Crippen LogP contribution in [0.3, 0.4) is 0 Å². The molecule has 0 atom stereocenters. The fraction of sp³-hybridized carbons (Fsp3) is 0.364. The fourth-order valence-electron chi connectivity index (χ4n) is 3.32. The summed E-state index contributed by atoms with van der Waals surface area (Å²) in [4.78, 5) is 28.9. The molecular weight excluding hydrogens is 390 g/mol. The van der Waals surface area contributed by atoms with Gasteiger partial charge in [0.2, 0.25) is 5.91 Å². The van der Waals surface area contributed by atoms with Crippen molar-refractivity contribution in [2.24, 2.45) is 0 Å². The molecule has 1 saturated heterocycles. The molecule has 0 bridgehead atoms. The van der Waals surface area contributed by atoms with E-state index in [1.165, 1.54) is 0 Å². The van der Waals surface area contributed by atoms with Gasteiger partial charge in [-0.25, -0.2) is 0 Å². The monoisotopic (exact) mass is 415 g/mol. The molecule has 154 valence electrons. The minimum atomic E-state index is -0.101. The maximum absolute atomic E-state index is 12.8. The lowest BCUT2D eigenvalue weighted by Gasteiger charge is -2.27. The van der Waals surface area contributed by atoms with Crippen LogP contribution in [0.5, 0.6) is 0 Å². The standard InChI is InChI=1S/C22H26ClN3O3/c1-16(2)26(18-6-4-3-5-7-18)21(27)15-24-17-8-9-19(20(23)14-17)22(28)25-10-12-29-13-11-25/h3-9,14,16,24H,10-13,15H2,1-2H3. The van der Waals surface area contributed by atoms with Crippen molar-refractivity contribution in [1.29, 1.82) is 0 Å². The highest BCUT2D eigenvalue weighted by Gasteiger charge is 2.21. The summed E-state index contributed by atoms with van der Waals surface area (Å²) in [7, 11) is 0. The second kappa shape index (κ2) is 9.76. The number of rotatable bonds is 6. The Labute approximate surface area is 176 Å². The summed E-state index contributed by atoms with van der Waals surface area (Å²) < 4.78 is 5.28. The third-order valence-corrected chi connectivity index (χ3v) is 5.07. The molecular formula is C22H26ClN3O3. The van der Waals surface area contributed by atoms with Gasteiger partial charge in [0.05, 0.1) is 30.3 Å². The van der Waals surface area contributed by atoms with Crippen LogP contribution in [0.25, 0.3) is 0 Å². The SMILES string of the molecule is CC(C)N(C(=O)CNc1ccc(C(=O)N2CCOCC2)c(Cl)c1)c1ccccc1. The van der Waals surface area contributed by atoms with Gasteiger partial charge in [-0.1, -0.05) is 29.8 Å². The molecule has 3 rings (SSSR count). The fourth-order valence-corrected chi connectivity index (χ4v) is 3.58. The first-order valence-electron chi connectivity index (χ1n) is 9.75. The molecule has 2 amide bonds. The minimum Gasteiger partial charge on any atom is -0.378 e. The largest absolute Gasteiger partial charge is 0.378 e. The Balaban J connectivity index is 1.65. The molecule has 1 aliphatic rings. The van der Waals surface area contributed by atoms with Gasteiger partial charge in [-0.05, 0) is 44.2 Å². The zero-order chi connectivity index (χ0) is 20.8. The number of nitrogens with zero attached hydrogens (tertiary/aromatic N) is 2. The molecule has 0 aliphatic carbocycles. The quantitative estimate of drug-likeness (QED) is 0.782. The number of amides is 2. The van der Waals surface area contributed by atoms with E-state index in [4.69, 9.17) is 16.3 Å². The lowest BCUT2D eigenvalue weighted by Crippen LogP contribution is -2.41. The van der Waals surface area contributed by atoms with Crippen molar-refractivity contribution >= 4 is 34.8 Å². The van der Waals surface area contributed by atoms with E-state index >= 15 is 0 Å². The third kappa shape index (κ3) is 5.28. The highest BCUT2D eigenvalue weighted by molar-refractivity contribution is 6.34. The molecule has 0 saturated carbocycles. The number of halogens is 1. The summed E-state index contributed by atoms with van der Waals surface area (Å²) >= 11 is 6.35. The summed E-state index contributed by atoms with van der Waals surface area (Å²) in [6, 6.07) is 14.8. The zero-order valence-electron chi connectivity index (χ0n) is 16.7. The van der Waals surface area contributed by atoms with Gasteiger partial charge in [0, 0.05) is 30.5 Å². The lowest BCUT2D eigenvalue weighted by molar-refractivity contribution is -0.117. The average Bonchev–Trinajstić information content (AvgIpc) is 2.73. The Hall–Kier alpha value is -2.57. The van der Waals surface area contributed by atoms with E-state index in [0.29, 0.717) is 42.6 Å². The first kappa shape index (κ1) is 21.1. The first-order valence-corrected chi connectivity index (χ1v) is 10.1. The molecule has 0 radical (unpaired) electrons. The molecule has 6 nitrogen and oxygen atoms in total. The number of carbonyl (C=O) groups is 2. The number of carbonyl (C=O) groups excluding carboxylic acids is 2. The van der Waals surface area contributed by atoms with Crippen LogP contribution in [0.15, 0.2) is 48.5 Å². The molecule has 1 fully saturated rings. The first-order chi connectivity index (χ1) is 14.0. The normalized spacial score (nSPS) is 14.0. The van der Waals surface area contributed by atoms with Crippen LogP contribution in [0, 0.1) is 0 Å². The van der Waals surface area contributed by atoms with Gasteiger partial charge in [0.25, 0.3) is 5.91 Å². The Morgan fingerprint density at radius 2 is 1.83 bits per heavy atom. The van der Waals surface area contributed by atoms with Crippen LogP contribution in [0.1, 0.15) is 24.2 Å². The van der Waals surface area contributed by atoms with Crippen LogP contribution in [0.2, 0.25) is 5.02 Å². The Morgan fingerprint density at radius 3 is 2.45 bits per heavy atom. The van der Waals surface area contributed by atoms with Gasteiger partial charge in [-0.3, -0.25) is 9.59 Å². The topological polar surface area (TPSA) is 61.9 Å². The minimum absolute atomic E-state index is 0.0313. The summed E-state index contributed by atoms with van der Waals surface area (Å²) in [5.41, 5.74) is 2.01. The number of hydrogen-bond donors (Lipinski definition) is 1. The van der Waals surface area contributed by atoms with Crippen LogP contribution >= 0.6 is 11.6 Å². The summed E-state index contributed by atoms with van der Waals surface area (Å²) in [6.07, 6.45) is 0. The summed E-state index contributed by atoms with van der Waals surface area (Å²) in [5, 5.41) is 3.48. The number of nitrogens with one attached hydrogen (secondary N) is 1. The Morgan fingerprint density at radius 1 is 1.14 bits per heavy atom. The molecule has 1 N–H and O–H groups in total. The van der Waals surface area contributed by atoms with Gasteiger partial charge in [0.15, 0.2) is 0 Å². The molecule has 29 heavy (non-hydrogen) atoms. The lowest BCUT2D eigenvalue weighted by atomic mass is 10.1. The van der Waals surface area contributed by atoms with Gasteiger partial charge in [-0.15, -0.1) is 0 Å². The molecule has 0 aromatic heterocycles. The van der Waals surface area contributed by atoms with Crippen LogP contribution < -0.4 is 10.2 Å². The summed E-state index contributed by atoms with van der Waals surface area (Å²) in [5.74, 6) is -0.147. The van der Waals surface area contributed by atoms with Gasteiger partial charge >= 0.3 is 0 Å². The average molecular weight is 416 g/mol. The van der Waals surface area contributed by atoms with Gasteiger partial charge in [0.1, 0.15) is 0 Å². The molecule has 7 heteroatoms. The maximum atomic E-state index is 12.8. The van der Waals surface area contributed by atoms with Gasteiger partial charge < -0.3 is 19.9 Å². The van der Waals surface area contributed by atoms with E-state index in [-0.39, 0.29) is 24.4 Å². The molecule has 0 spiro atoms. The van der Waals surface area contributed by atoms with E-state index in [2.05, 4.69) is 5.32 Å². The van der Waals surface area contributed by atoms with E-state index in [9.17, 15) is 9.59 Å². The van der Waals surface area contributed by atoms with Crippen molar-refractivity contribution in [2.45, 2.75) is 19.9 Å². The predicted molar refractivity (Wildman–Crippen MR) is 116 cm³/mol. The molecule has 2 aromatic carbocycles. The van der Waals surface area contributed by atoms with Gasteiger partial charge in [-0.2, -0.15) is 0 Å². The van der Waals surface area contributed by atoms with Crippen LogP contribution in [0.4, 0.5) is 11.4 Å². The van der Waals surface area contributed by atoms with Crippen molar-refractivity contribution in [3.8, 4) is 0 Å². The molecule has 1 heterocycles. The van der Waals surface area contributed by atoms with Crippen molar-refractivity contribution in [3.63, 3.8) is 0 Å². The zero-order valence-corrected chi connectivity index (χ0v) is 17.5. The maximum Gasteiger partial charge on any atom is 0.255 e. The molecule has 1 aliphatic heterocycles. The second-order valence-electron chi connectivity index (χ2n) is 7.15. The molecule has 2 aromatic rings. The van der Waals surface area contributed by atoms with Crippen LogP contribution in [-0.2, 0) is 9.53 Å². The number of anilines is 2. The Bertz CT molecular complexity index is 852. The summed E-state index contributed by atoms with van der Waals surface area (Å²) in [6.45, 7) is 6.29. The number of para-hydroxylation sites is 1. The third-order valence-electron chi connectivity index (χ3n) is 4.76. The van der Waals surface area contributed by atoms with Crippen molar-refractivity contribution in [1.82, 2.24) is 4.90 Å². The smallest absolute Gasteiger partial charge is 0.255 e. The number of benzene rings is 2. The van der Waals surface area contributed by atoms with Crippen molar-refractivity contribution in [3.05, 3.63) is 59.1 Å². The van der Waals surface area contributed by atoms with E-state index in [0.717, 1.165) is 5.69 Å². The number of hydrogen-bond acceptors (Lipinski definition) is 4. The van der Waals surface area contributed by atoms with Crippen LogP contribution in [-0.4, -0.2) is 55.6 Å². The molecule has 0 unspecified atom stereocenters. The highest BCUT2D eigenvalue weighted by Crippen LogP contribution is 2.23. The van der Waals surface area contributed by atoms with E-state index in [1.807, 2.05) is 44.2 Å². The number of morpholine rings is 1. The predicted octanol–water partition coefficient (Wildman–Crippen LogP) is 3.67. The number of ether oxygens (including phenoxy) is 1. The Kier molecular flexibility index (Phi) is 7.12. The van der Waals surface area contributed by atoms with Crippen molar-refractivity contribution < 1.29 is 14.3 Å². The second-order valence-corrected chi connectivity index (χ2v) is 7.55. The van der Waals surface area contributed by atoms with E-state index < -0.39 is 0 Å². The van der Waals surface area contributed by atoms with E-state index in [1.54, 1.807) is 28.0 Å².